The Morgan fingerprint density at radius 1 is 1.04 bits per heavy atom. The highest BCUT2D eigenvalue weighted by Crippen LogP contribution is 2.50. The molecule has 1 aromatic carbocycles. The molecule has 17 nitrogen and oxygen atoms in total. The molecule has 272 valence electrons. The summed E-state index contributed by atoms with van der Waals surface area (Å²) >= 11 is 0. The first kappa shape index (κ1) is 36.2. The Morgan fingerprint density at radius 3 is 2.31 bits per heavy atom. The largest absolute Gasteiger partial charge is 0.462 e. The smallest absolute Gasteiger partial charge is 0.459 e. The van der Waals surface area contributed by atoms with Crippen LogP contribution >= 0.6 is 7.75 Å². The number of nitrogens with two attached hydrogens (primary N) is 1. The van der Waals surface area contributed by atoms with E-state index in [4.69, 9.17) is 43.2 Å². The summed E-state index contributed by atoms with van der Waals surface area (Å²) in [6.45, 7) is 4.24. The Balaban J connectivity index is 1.38. The van der Waals surface area contributed by atoms with E-state index >= 15 is 0 Å². The summed E-state index contributed by atoms with van der Waals surface area (Å²) in [5.74, 6) is -3.31. The quantitative estimate of drug-likeness (QED) is 0.138. The summed E-state index contributed by atoms with van der Waals surface area (Å²) < 4.78 is 61.5. The fourth-order valence-electron chi connectivity index (χ4n) is 5.52. The summed E-state index contributed by atoms with van der Waals surface area (Å²) in [4.78, 5) is 39.4. The molecule has 0 unspecified atom stereocenters. The summed E-state index contributed by atoms with van der Waals surface area (Å²) in [6.07, 6.45) is -3.37. The number of aromatic nitrogens is 2. The van der Waals surface area contributed by atoms with Gasteiger partial charge in [-0.1, -0.05) is 18.2 Å². The molecule has 0 spiro atoms. The number of hydrogen-bond donors (Lipinski definition) is 2. The molecule has 0 amide bonds. The van der Waals surface area contributed by atoms with E-state index in [1.54, 1.807) is 50.2 Å². The van der Waals surface area contributed by atoms with E-state index in [1.807, 2.05) is 6.07 Å². The number of fused-ring (bicyclic) bond motifs is 1. The number of para-hydroxylation sites is 1. The lowest BCUT2D eigenvalue weighted by Gasteiger charge is -2.33. The number of nitriles is 1. The third-order valence-corrected chi connectivity index (χ3v) is 10.0. The van der Waals surface area contributed by atoms with Gasteiger partial charge in [0.25, 0.3) is 0 Å². The fourth-order valence-corrected chi connectivity index (χ4v) is 7.04. The van der Waals surface area contributed by atoms with Gasteiger partial charge in [0.2, 0.25) is 5.60 Å². The van der Waals surface area contributed by atoms with Crippen LogP contribution in [0.1, 0.15) is 32.6 Å². The molecular formula is C33H38N5O12P. The second-order valence-corrected chi connectivity index (χ2v) is 14.3. The lowest BCUT2D eigenvalue weighted by Crippen LogP contribution is -2.52. The molecular weight excluding hydrogens is 689 g/mol. The van der Waals surface area contributed by atoms with Gasteiger partial charge in [-0.2, -0.15) is 15.4 Å². The molecule has 3 aliphatic rings. The molecule has 51 heavy (non-hydrogen) atoms. The van der Waals surface area contributed by atoms with Crippen molar-refractivity contribution < 1.29 is 56.4 Å². The fraction of sp³-hybridized carbons (Fsp3) is 0.485. The summed E-state index contributed by atoms with van der Waals surface area (Å²) in [5.41, 5.74) is 5.09. The van der Waals surface area contributed by atoms with Crippen LogP contribution in [-0.4, -0.2) is 90.5 Å². The van der Waals surface area contributed by atoms with E-state index in [0.29, 0.717) is 16.9 Å². The monoisotopic (exact) mass is 727 g/mol. The standard InChI is InChI=1S/C33H38N5O12P/c1-19(2)46-30(39)20(3)37-51(42,50-23-7-5-4-6-8-23)45-18-33(17-34)29(48-32(41)22-15-44-16-22)28(47-31(40)21-13-43-14-21)27(49-33)26-10-9-25-24(35)11-12-36-38(25)26/h4-12,19-22,27-29H,13-16,18,35H2,1-3H3,(H,37,42)/t20-,27-,28-,29-,33+,51-/m0/s1. The highest BCUT2D eigenvalue weighted by molar-refractivity contribution is 7.52. The van der Waals surface area contributed by atoms with Gasteiger partial charge in [-0.05, 0) is 51.1 Å². The van der Waals surface area contributed by atoms with Crippen molar-refractivity contribution in [2.24, 2.45) is 11.8 Å². The SMILES string of the molecule is CC(C)OC(=O)[C@H](C)N[P@](=O)(OC[C@@]1(C#N)O[C@@H](c2ccc3c(N)ccnn23)[C@H](OC(=O)C2COC2)[C@@H]1OC(=O)C1COC1)Oc1ccccc1. The third kappa shape index (κ3) is 7.71. The first-order valence-electron chi connectivity index (χ1n) is 16.3. The molecule has 3 saturated heterocycles. The van der Waals surface area contributed by atoms with E-state index in [0.717, 1.165) is 0 Å². The Kier molecular flexibility index (Phi) is 10.6. The number of anilines is 1. The highest BCUT2D eigenvalue weighted by Gasteiger charge is 2.63. The number of benzene rings is 1. The third-order valence-electron chi connectivity index (χ3n) is 8.40. The average molecular weight is 728 g/mol. The number of nitrogen functional groups attached to an aromatic ring is 1. The van der Waals surface area contributed by atoms with E-state index in [1.165, 1.54) is 29.8 Å². The van der Waals surface area contributed by atoms with Gasteiger partial charge in [0.15, 0.2) is 12.2 Å². The molecule has 2 aromatic heterocycles. The van der Waals surface area contributed by atoms with Gasteiger partial charge >= 0.3 is 25.7 Å². The van der Waals surface area contributed by atoms with Crippen molar-refractivity contribution in [2.45, 2.75) is 56.8 Å². The van der Waals surface area contributed by atoms with Crippen molar-refractivity contribution in [3.05, 3.63) is 60.4 Å². The lowest BCUT2D eigenvalue weighted by molar-refractivity contribution is -0.188. The van der Waals surface area contributed by atoms with E-state index in [-0.39, 0.29) is 32.2 Å². The van der Waals surface area contributed by atoms with Gasteiger partial charge in [0.1, 0.15) is 42.4 Å². The van der Waals surface area contributed by atoms with Crippen molar-refractivity contribution in [3.8, 4) is 11.8 Å². The predicted octanol–water partition coefficient (Wildman–Crippen LogP) is 2.50. The van der Waals surface area contributed by atoms with Crippen LogP contribution in [0, 0.1) is 23.2 Å². The molecule has 3 N–H and O–H groups in total. The van der Waals surface area contributed by atoms with Crippen molar-refractivity contribution in [1.82, 2.24) is 14.7 Å². The molecule has 0 aliphatic carbocycles. The van der Waals surface area contributed by atoms with Crippen molar-refractivity contribution in [3.63, 3.8) is 0 Å². The maximum Gasteiger partial charge on any atom is 0.459 e. The normalized spacial score (nSPS) is 25.2. The van der Waals surface area contributed by atoms with Gasteiger partial charge < -0.3 is 38.7 Å². The second-order valence-electron chi connectivity index (χ2n) is 12.6. The van der Waals surface area contributed by atoms with Crippen LogP contribution in [0.3, 0.4) is 0 Å². The number of ether oxygens (including phenoxy) is 6. The predicted molar refractivity (Wildman–Crippen MR) is 175 cm³/mol. The van der Waals surface area contributed by atoms with Crippen molar-refractivity contribution in [2.75, 3.05) is 38.8 Å². The zero-order valence-electron chi connectivity index (χ0n) is 28.0. The zero-order valence-corrected chi connectivity index (χ0v) is 28.9. The van der Waals surface area contributed by atoms with Crippen molar-refractivity contribution >= 4 is 36.9 Å². The molecule has 0 bridgehead atoms. The minimum absolute atomic E-state index is 0.0801. The van der Waals surface area contributed by atoms with Crippen LogP contribution in [0.5, 0.6) is 5.75 Å². The second kappa shape index (κ2) is 15.0. The van der Waals surface area contributed by atoms with Crippen LogP contribution < -0.4 is 15.3 Å². The van der Waals surface area contributed by atoms with E-state index in [2.05, 4.69) is 10.2 Å². The van der Waals surface area contributed by atoms with E-state index in [9.17, 15) is 24.2 Å². The molecule has 6 rings (SSSR count). The number of hydrogen-bond acceptors (Lipinski definition) is 15. The number of esters is 3. The lowest BCUT2D eigenvalue weighted by atomic mass is 9.95. The molecule has 3 aliphatic heterocycles. The Labute approximate surface area is 292 Å². The zero-order chi connectivity index (χ0) is 36.3. The molecule has 0 saturated carbocycles. The van der Waals surface area contributed by atoms with Gasteiger partial charge in [0.05, 0.1) is 49.4 Å². The van der Waals surface area contributed by atoms with Crippen LogP contribution in [0.4, 0.5) is 5.69 Å². The molecule has 0 radical (unpaired) electrons. The van der Waals surface area contributed by atoms with Gasteiger partial charge in [0, 0.05) is 6.20 Å². The van der Waals surface area contributed by atoms with Gasteiger partial charge in [-0.3, -0.25) is 18.9 Å². The van der Waals surface area contributed by atoms with Gasteiger partial charge in [-0.15, -0.1) is 0 Å². The van der Waals surface area contributed by atoms with Crippen LogP contribution in [0.2, 0.25) is 0 Å². The van der Waals surface area contributed by atoms with E-state index < -0.39 is 80.2 Å². The Morgan fingerprint density at radius 2 is 1.71 bits per heavy atom. The highest BCUT2D eigenvalue weighted by atomic mass is 31.2. The maximum atomic E-state index is 14.4. The number of nitrogens with one attached hydrogen (secondary N) is 1. The Bertz CT molecular complexity index is 1840. The molecule has 18 heteroatoms. The minimum atomic E-state index is -4.56. The summed E-state index contributed by atoms with van der Waals surface area (Å²) in [7, 11) is -4.56. The number of nitrogens with zero attached hydrogens (tertiary/aromatic N) is 3. The molecule has 6 atom stereocenters. The number of carbonyl (C=O) groups excluding carboxylic acids is 3. The average Bonchev–Trinajstić information content (AvgIpc) is 3.59. The van der Waals surface area contributed by atoms with Gasteiger partial charge in [-0.25, -0.2) is 9.08 Å². The Hall–Kier alpha value is -4.56. The topological polar surface area (TPSA) is 221 Å². The van der Waals surface area contributed by atoms with Crippen molar-refractivity contribution in [1.29, 1.82) is 5.26 Å². The molecule has 5 heterocycles. The first-order chi connectivity index (χ1) is 24.4. The van der Waals surface area contributed by atoms with Crippen LogP contribution in [0.25, 0.3) is 5.52 Å². The summed E-state index contributed by atoms with van der Waals surface area (Å²) in [6, 6.07) is 13.7. The first-order valence-corrected chi connectivity index (χ1v) is 17.8. The van der Waals surface area contributed by atoms with Crippen LogP contribution in [0.15, 0.2) is 54.7 Å². The minimum Gasteiger partial charge on any atom is -0.462 e. The maximum absolute atomic E-state index is 14.4. The summed E-state index contributed by atoms with van der Waals surface area (Å²) in [5, 5.41) is 17.8. The molecule has 3 fully saturated rings. The van der Waals surface area contributed by atoms with Crippen LogP contribution in [-0.2, 0) is 51.9 Å². The molecule has 3 aromatic rings. The number of carbonyl (C=O) groups is 3. The number of rotatable bonds is 14.